The summed E-state index contributed by atoms with van der Waals surface area (Å²) in [6, 6.07) is 17.2. The van der Waals surface area contributed by atoms with Crippen molar-refractivity contribution in [1.82, 2.24) is 15.2 Å². The number of hydrogen-bond donors (Lipinski definition) is 2. The number of nitrogens with zero attached hydrogens (tertiary/aromatic N) is 3. The quantitative estimate of drug-likeness (QED) is 0.245. The van der Waals surface area contributed by atoms with E-state index in [1.165, 1.54) is 21.3 Å². The van der Waals surface area contributed by atoms with Crippen LogP contribution >= 0.6 is 23.2 Å². The number of nitrogens with one attached hydrogen (secondary N) is 2. The Morgan fingerprint density at radius 2 is 1.47 bits per heavy atom. The van der Waals surface area contributed by atoms with E-state index in [2.05, 4.69) is 25.7 Å². The predicted molar refractivity (Wildman–Crippen MR) is 140 cm³/mol. The maximum Gasteiger partial charge on any atom is 0.292 e. The maximum absolute atomic E-state index is 12.9. The summed E-state index contributed by atoms with van der Waals surface area (Å²) in [5.74, 6) is 1.45. The molecule has 0 atom stereocenters. The molecule has 9 nitrogen and oxygen atoms in total. The van der Waals surface area contributed by atoms with Crippen LogP contribution in [0.1, 0.15) is 11.3 Å². The number of benzene rings is 3. The van der Waals surface area contributed by atoms with Gasteiger partial charge in [-0.1, -0.05) is 23.2 Å². The van der Waals surface area contributed by atoms with Crippen LogP contribution in [0.3, 0.4) is 0 Å². The largest absolute Gasteiger partial charge is 0.493 e. The lowest BCUT2D eigenvalue weighted by Gasteiger charge is -2.15. The van der Waals surface area contributed by atoms with Crippen molar-refractivity contribution in [3.63, 3.8) is 0 Å². The van der Waals surface area contributed by atoms with E-state index in [0.29, 0.717) is 44.1 Å². The molecule has 36 heavy (non-hydrogen) atoms. The third-order valence-electron chi connectivity index (χ3n) is 5.10. The summed E-state index contributed by atoms with van der Waals surface area (Å²) in [5, 5.41) is 12.3. The number of hydrogen-bond acceptors (Lipinski definition) is 8. The van der Waals surface area contributed by atoms with Gasteiger partial charge in [-0.25, -0.2) is 10.1 Å². The average molecular weight is 526 g/mol. The molecule has 11 heteroatoms. The molecule has 184 valence electrons. The number of aromatic amines is 1. The summed E-state index contributed by atoms with van der Waals surface area (Å²) in [6.07, 6.45) is 0. The Morgan fingerprint density at radius 3 is 2.03 bits per heavy atom. The second-order valence-corrected chi connectivity index (χ2v) is 8.21. The van der Waals surface area contributed by atoms with E-state index in [4.69, 9.17) is 37.4 Å². The van der Waals surface area contributed by atoms with Crippen molar-refractivity contribution in [3.05, 3.63) is 92.3 Å². The lowest BCUT2D eigenvalue weighted by atomic mass is 10.1. The molecule has 4 rings (SSSR count). The summed E-state index contributed by atoms with van der Waals surface area (Å²) in [4.78, 5) is 17.5. The zero-order valence-corrected chi connectivity index (χ0v) is 21.0. The van der Waals surface area contributed by atoms with Crippen LogP contribution in [0.4, 0.5) is 5.69 Å². The molecule has 4 aromatic rings. The molecule has 0 saturated carbocycles. The number of methoxy groups -OCH3 is 3. The summed E-state index contributed by atoms with van der Waals surface area (Å²) < 4.78 is 16.4. The highest BCUT2D eigenvalue weighted by atomic mass is 35.5. The normalized spacial score (nSPS) is 11.2. The van der Waals surface area contributed by atoms with Crippen molar-refractivity contribution in [2.75, 3.05) is 26.8 Å². The summed E-state index contributed by atoms with van der Waals surface area (Å²) in [7, 11) is 4.50. The molecule has 0 amide bonds. The number of aromatic nitrogens is 3. The van der Waals surface area contributed by atoms with Gasteiger partial charge in [0.05, 0.1) is 27.0 Å². The molecule has 0 unspecified atom stereocenters. The molecule has 0 bridgehead atoms. The molecular formula is C25H21Cl2N5O4. The van der Waals surface area contributed by atoms with Crippen molar-refractivity contribution < 1.29 is 14.2 Å². The van der Waals surface area contributed by atoms with Gasteiger partial charge in [0.25, 0.3) is 5.56 Å². The van der Waals surface area contributed by atoms with Gasteiger partial charge in [0.2, 0.25) is 5.75 Å². The Kier molecular flexibility index (Phi) is 7.72. The van der Waals surface area contributed by atoms with Gasteiger partial charge in [-0.3, -0.25) is 10.2 Å². The number of H-pyrrole nitrogens is 1. The van der Waals surface area contributed by atoms with Crippen molar-refractivity contribution in [3.8, 4) is 28.6 Å². The van der Waals surface area contributed by atoms with Gasteiger partial charge < -0.3 is 14.2 Å². The van der Waals surface area contributed by atoms with Gasteiger partial charge in [0, 0.05) is 21.2 Å². The molecule has 2 N–H and O–H groups in total. The molecule has 0 spiro atoms. The van der Waals surface area contributed by atoms with Gasteiger partial charge in [0.15, 0.2) is 23.0 Å². The molecule has 0 aliphatic heterocycles. The standard InChI is InChI=1S/C25H21Cl2N5O4/c1-34-19-12-15(13-20(35-2)23(19)36-3)21(30-29-18-10-8-17(27)9-11-18)22-25(33)32-31-24(28-22)14-4-6-16(26)7-5-14/h4-13,29H,1-3H3,(H,32,33)/b30-21-. The van der Waals surface area contributed by atoms with Crippen molar-refractivity contribution in [2.24, 2.45) is 5.10 Å². The fourth-order valence-electron chi connectivity index (χ4n) is 3.34. The smallest absolute Gasteiger partial charge is 0.292 e. The average Bonchev–Trinajstić information content (AvgIpc) is 2.90. The number of rotatable bonds is 8. The number of hydrazone groups is 1. The van der Waals surface area contributed by atoms with E-state index in [-0.39, 0.29) is 17.2 Å². The molecule has 3 aromatic carbocycles. The second-order valence-electron chi connectivity index (χ2n) is 7.34. The first-order valence-electron chi connectivity index (χ1n) is 10.6. The molecule has 0 radical (unpaired) electrons. The minimum Gasteiger partial charge on any atom is -0.493 e. The minimum absolute atomic E-state index is 0.0192. The first-order chi connectivity index (χ1) is 17.4. The van der Waals surface area contributed by atoms with Crippen LogP contribution in [-0.2, 0) is 0 Å². The van der Waals surface area contributed by atoms with Crippen molar-refractivity contribution >= 4 is 34.6 Å². The van der Waals surface area contributed by atoms with E-state index >= 15 is 0 Å². The SMILES string of the molecule is COc1cc(/C(=N/Nc2ccc(Cl)cc2)c2nc(-c3ccc(Cl)cc3)n[nH]c2=O)cc(OC)c1OC. The molecule has 0 fully saturated rings. The predicted octanol–water partition coefficient (Wildman–Crippen LogP) is 5.03. The van der Waals surface area contributed by atoms with Gasteiger partial charge in [-0.2, -0.15) is 10.2 Å². The monoisotopic (exact) mass is 525 g/mol. The Bertz CT molecular complexity index is 1430. The fraction of sp³-hybridized carbons (Fsp3) is 0.120. The summed E-state index contributed by atoms with van der Waals surface area (Å²) >= 11 is 12.0. The summed E-state index contributed by atoms with van der Waals surface area (Å²) in [5.41, 5.74) is 4.43. The van der Waals surface area contributed by atoms with Crippen molar-refractivity contribution in [1.29, 1.82) is 0 Å². The fourth-order valence-corrected chi connectivity index (χ4v) is 3.60. The Hall–Kier alpha value is -4.08. The number of ether oxygens (including phenoxy) is 3. The highest BCUT2D eigenvalue weighted by Gasteiger charge is 2.21. The lowest BCUT2D eigenvalue weighted by Crippen LogP contribution is -2.24. The van der Waals surface area contributed by atoms with Gasteiger partial charge >= 0.3 is 0 Å². The van der Waals surface area contributed by atoms with Crippen LogP contribution in [0.5, 0.6) is 17.2 Å². The highest BCUT2D eigenvalue weighted by Crippen LogP contribution is 2.38. The Morgan fingerprint density at radius 1 is 0.889 bits per heavy atom. The third kappa shape index (κ3) is 5.42. The molecule has 0 aliphatic carbocycles. The number of anilines is 1. The third-order valence-corrected chi connectivity index (χ3v) is 5.61. The summed E-state index contributed by atoms with van der Waals surface area (Å²) in [6.45, 7) is 0. The van der Waals surface area contributed by atoms with E-state index in [1.54, 1.807) is 60.7 Å². The van der Waals surface area contributed by atoms with Crippen molar-refractivity contribution in [2.45, 2.75) is 0 Å². The van der Waals surface area contributed by atoms with E-state index in [0.717, 1.165) is 0 Å². The molecule has 1 heterocycles. The molecule has 0 aliphatic rings. The second kappa shape index (κ2) is 11.1. The van der Waals surface area contributed by atoms with E-state index < -0.39 is 5.56 Å². The number of halogens is 2. The Labute approximate surface area is 216 Å². The van der Waals surface area contributed by atoms with Crippen LogP contribution in [0.25, 0.3) is 11.4 Å². The topological polar surface area (TPSA) is 111 Å². The van der Waals surface area contributed by atoms with Gasteiger partial charge in [-0.05, 0) is 60.7 Å². The molecular weight excluding hydrogens is 505 g/mol. The van der Waals surface area contributed by atoms with Crippen LogP contribution in [0.15, 0.2) is 70.6 Å². The van der Waals surface area contributed by atoms with Gasteiger partial charge in [0.1, 0.15) is 5.71 Å². The van der Waals surface area contributed by atoms with E-state index in [9.17, 15) is 4.79 Å². The van der Waals surface area contributed by atoms with Crippen LogP contribution in [-0.4, -0.2) is 42.2 Å². The van der Waals surface area contributed by atoms with Gasteiger partial charge in [-0.15, -0.1) is 0 Å². The van der Waals surface area contributed by atoms with Crippen LogP contribution in [0.2, 0.25) is 10.0 Å². The zero-order chi connectivity index (χ0) is 25.7. The molecule has 1 aromatic heterocycles. The first-order valence-corrected chi connectivity index (χ1v) is 11.3. The lowest BCUT2D eigenvalue weighted by molar-refractivity contribution is 0.324. The zero-order valence-electron chi connectivity index (χ0n) is 19.5. The highest BCUT2D eigenvalue weighted by molar-refractivity contribution is 6.30. The first kappa shape index (κ1) is 25.0. The van der Waals surface area contributed by atoms with Crippen LogP contribution in [0, 0.1) is 0 Å². The minimum atomic E-state index is -0.543. The van der Waals surface area contributed by atoms with Crippen LogP contribution < -0.4 is 25.2 Å². The van der Waals surface area contributed by atoms with E-state index in [1.807, 2.05) is 0 Å². The maximum atomic E-state index is 12.9. The molecule has 0 saturated heterocycles. The Balaban J connectivity index is 1.90.